The van der Waals surface area contributed by atoms with E-state index in [4.69, 9.17) is 11.6 Å². The molecular weight excluding hydrogens is 312 g/mol. The lowest BCUT2D eigenvalue weighted by Crippen LogP contribution is -2.23. The summed E-state index contributed by atoms with van der Waals surface area (Å²) in [5, 5.41) is 0. The first kappa shape index (κ1) is 15.8. The SMILES string of the molecule is Cc1nccn1-c1ncccc1NS(=O)(=O)CC(C)CCl. The van der Waals surface area contributed by atoms with Gasteiger partial charge in [0.25, 0.3) is 0 Å². The minimum Gasteiger partial charge on any atom is -0.286 e. The molecular formula is C13H17ClN4O2S. The van der Waals surface area contributed by atoms with E-state index in [1.807, 2.05) is 6.92 Å². The molecule has 2 aromatic heterocycles. The normalized spacial score (nSPS) is 13.1. The Morgan fingerprint density at radius 2 is 2.14 bits per heavy atom. The van der Waals surface area contributed by atoms with E-state index >= 15 is 0 Å². The molecule has 2 rings (SSSR count). The van der Waals surface area contributed by atoms with Gasteiger partial charge in [-0.05, 0) is 25.0 Å². The number of rotatable bonds is 6. The smallest absolute Gasteiger partial charge is 0.233 e. The number of alkyl halides is 1. The molecule has 2 heterocycles. The predicted molar refractivity (Wildman–Crippen MR) is 83.4 cm³/mol. The highest BCUT2D eigenvalue weighted by atomic mass is 35.5. The van der Waals surface area contributed by atoms with Crippen molar-refractivity contribution in [3.63, 3.8) is 0 Å². The fourth-order valence-corrected chi connectivity index (χ4v) is 3.58. The molecule has 6 nitrogen and oxygen atoms in total. The number of hydrogen-bond donors (Lipinski definition) is 1. The van der Waals surface area contributed by atoms with Gasteiger partial charge in [0, 0.05) is 24.5 Å². The number of halogens is 1. The Hall–Kier alpha value is -1.60. The molecule has 0 radical (unpaired) electrons. The van der Waals surface area contributed by atoms with Crippen LogP contribution in [-0.2, 0) is 10.0 Å². The number of imidazole rings is 1. The number of nitrogens with zero attached hydrogens (tertiary/aromatic N) is 3. The average molecular weight is 329 g/mol. The quantitative estimate of drug-likeness (QED) is 0.825. The largest absolute Gasteiger partial charge is 0.286 e. The van der Waals surface area contributed by atoms with E-state index in [0.717, 1.165) is 5.82 Å². The van der Waals surface area contributed by atoms with E-state index in [-0.39, 0.29) is 11.7 Å². The fraction of sp³-hybridized carbons (Fsp3) is 0.385. The molecule has 1 atom stereocenters. The van der Waals surface area contributed by atoms with Gasteiger partial charge >= 0.3 is 0 Å². The standard InChI is InChI=1S/C13H17ClN4O2S/c1-10(8-14)9-21(19,20)17-12-4-3-5-16-13(12)18-7-6-15-11(18)2/h3-7,10,17H,8-9H2,1-2H3. The van der Waals surface area contributed by atoms with Crippen LogP contribution in [0.25, 0.3) is 5.82 Å². The molecule has 0 bridgehead atoms. The average Bonchev–Trinajstić information content (AvgIpc) is 2.84. The van der Waals surface area contributed by atoms with Gasteiger partial charge in [0.05, 0.1) is 11.4 Å². The van der Waals surface area contributed by atoms with Gasteiger partial charge in [-0.1, -0.05) is 6.92 Å². The molecule has 8 heteroatoms. The van der Waals surface area contributed by atoms with Crippen LogP contribution in [0.15, 0.2) is 30.7 Å². The number of hydrogen-bond acceptors (Lipinski definition) is 4. The maximum atomic E-state index is 12.2. The number of aromatic nitrogens is 3. The van der Waals surface area contributed by atoms with E-state index in [1.165, 1.54) is 0 Å². The Bertz CT molecular complexity index is 714. The second kappa shape index (κ2) is 6.44. The van der Waals surface area contributed by atoms with Gasteiger partial charge in [-0.3, -0.25) is 9.29 Å². The number of anilines is 1. The van der Waals surface area contributed by atoms with Crippen molar-refractivity contribution in [3.05, 3.63) is 36.5 Å². The maximum Gasteiger partial charge on any atom is 0.233 e. The van der Waals surface area contributed by atoms with Gasteiger partial charge in [-0.2, -0.15) is 0 Å². The predicted octanol–water partition coefficient (Wildman–Crippen LogP) is 2.19. The molecule has 0 fully saturated rings. The van der Waals surface area contributed by atoms with Crippen molar-refractivity contribution in [1.82, 2.24) is 14.5 Å². The zero-order chi connectivity index (χ0) is 15.5. The topological polar surface area (TPSA) is 76.9 Å². The summed E-state index contributed by atoms with van der Waals surface area (Å²) < 4.78 is 28.6. The highest BCUT2D eigenvalue weighted by Crippen LogP contribution is 2.20. The van der Waals surface area contributed by atoms with Crippen LogP contribution in [0, 0.1) is 12.8 Å². The van der Waals surface area contributed by atoms with Crippen LogP contribution in [-0.4, -0.2) is 34.6 Å². The van der Waals surface area contributed by atoms with Crippen molar-refractivity contribution in [2.24, 2.45) is 5.92 Å². The molecule has 1 unspecified atom stereocenters. The van der Waals surface area contributed by atoms with E-state index in [2.05, 4.69) is 14.7 Å². The van der Waals surface area contributed by atoms with E-state index in [1.54, 1.807) is 42.2 Å². The summed E-state index contributed by atoms with van der Waals surface area (Å²) in [6.07, 6.45) is 4.97. The summed E-state index contributed by atoms with van der Waals surface area (Å²) >= 11 is 5.68. The van der Waals surface area contributed by atoms with Crippen LogP contribution in [0.2, 0.25) is 0 Å². The summed E-state index contributed by atoms with van der Waals surface area (Å²) in [6, 6.07) is 3.35. The van der Waals surface area contributed by atoms with Gasteiger partial charge < -0.3 is 0 Å². The van der Waals surface area contributed by atoms with Gasteiger partial charge in [-0.25, -0.2) is 18.4 Å². The summed E-state index contributed by atoms with van der Waals surface area (Å²) in [5.41, 5.74) is 0.417. The minimum atomic E-state index is -3.48. The van der Waals surface area contributed by atoms with Crippen LogP contribution in [0.4, 0.5) is 5.69 Å². The van der Waals surface area contributed by atoms with Crippen LogP contribution >= 0.6 is 11.6 Å². The van der Waals surface area contributed by atoms with Gasteiger partial charge in [-0.15, -0.1) is 11.6 Å². The van der Waals surface area contributed by atoms with Crippen molar-refractivity contribution in [2.45, 2.75) is 13.8 Å². The molecule has 0 aliphatic rings. The summed E-state index contributed by atoms with van der Waals surface area (Å²) in [4.78, 5) is 8.36. The summed E-state index contributed by atoms with van der Waals surface area (Å²) in [7, 11) is -3.48. The number of aryl methyl sites for hydroxylation is 1. The van der Waals surface area contributed by atoms with Gasteiger partial charge in [0.15, 0.2) is 5.82 Å². The van der Waals surface area contributed by atoms with E-state index in [9.17, 15) is 8.42 Å². The lowest BCUT2D eigenvalue weighted by atomic mass is 10.3. The molecule has 21 heavy (non-hydrogen) atoms. The Kier molecular flexibility index (Phi) is 4.84. The first-order valence-electron chi connectivity index (χ1n) is 6.44. The van der Waals surface area contributed by atoms with Crippen LogP contribution < -0.4 is 4.72 Å². The molecule has 0 saturated heterocycles. The third-order valence-corrected chi connectivity index (χ3v) is 4.94. The van der Waals surface area contributed by atoms with Crippen molar-refractivity contribution in [1.29, 1.82) is 0 Å². The van der Waals surface area contributed by atoms with Crippen LogP contribution in [0.5, 0.6) is 0 Å². The zero-order valence-corrected chi connectivity index (χ0v) is 13.4. The Morgan fingerprint density at radius 3 is 2.76 bits per heavy atom. The minimum absolute atomic E-state index is 0.0340. The number of pyridine rings is 1. The third-order valence-electron chi connectivity index (χ3n) is 2.87. The third kappa shape index (κ3) is 3.95. The molecule has 0 saturated carbocycles. The molecule has 0 aromatic carbocycles. The fourth-order valence-electron chi connectivity index (χ4n) is 1.90. The van der Waals surface area contributed by atoms with E-state index in [0.29, 0.717) is 17.4 Å². The van der Waals surface area contributed by atoms with Crippen LogP contribution in [0.3, 0.4) is 0 Å². The first-order valence-corrected chi connectivity index (χ1v) is 8.63. The Morgan fingerprint density at radius 1 is 1.38 bits per heavy atom. The summed E-state index contributed by atoms with van der Waals surface area (Å²) in [5.74, 6) is 1.35. The van der Waals surface area contributed by atoms with Crippen molar-refractivity contribution < 1.29 is 8.42 Å². The highest BCUT2D eigenvalue weighted by molar-refractivity contribution is 7.92. The Balaban J connectivity index is 2.32. The van der Waals surface area contributed by atoms with Gasteiger partial charge in [0.2, 0.25) is 10.0 Å². The highest BCUT2D eigenvalue weighted by Gasteiger charge is 2.18. The van der Waals surface area contributed by atoms with Crippen molar-refractivity contribution in [3.8, 4) is 5.82 Å². The molecule has 0 aliphatic carbocycles. The molecule has 0 amide bonds. The zero-order valence-electron chi connectivity index (χ0n) is 11.8. The molecule has 114 valence electrons. The lowest BCUT2D eigenvalue weighted by Gasteiger charge is -2.14. The second-order valence-electron chi connectivity index (χ2n) is 4.86. The van der Waals surface area contributed by atoms with Crippen molar-refractivity contribution in [2.75, 3.05) is 16.4 Å². The monoisotopic (exact) mass is 328 g/mol. The summed E-state index contributed by atoms with van der Waals surface area (Å²) in [6.45, 7) is 3.61. The van der Waals surface area contributed by atoms with E-state index < -0.39 is 10.0 Å². The van der Waals surface area contributed by atoms with Crippen molar-refractivity contribution >= 4 is 27.3 Å². The molecule has 0 aliphatic heterocycles. The molecule has 1 N–H and O–H groups in total. The lowest BCUT2D eigenvalue weighted by molar-refractivity contribution is 0.588. The molecule has 2 aromatic rings. The Labute approximate surface area is 129 Å². The maximum absolute atomic E-state index is 12.2. The van der Waals surface area contributed by atoms with Gasteiger partial charge in [0.1, 0.15) is 5.82 Å². The molecule has 0 spiro atoms. The second-order valence-corrected chi connectivity index (χ2v) is 6.94. The number of nitrogens with one attached hydrogen (secondary N) is 1. The first-order chi connectivity index (χ1) is 9.93. The van der Waals surface area contributed by atoms with Crippen LogP contribution in [0.1, 0.15) is 12.7 Å². The number of sulfonamides is 1.